The molecule has 1 amide bonds. The van der Waals surface area contributed by atoms with E-state index in [0.717, 1.165) is 6.42 Å². The molecule has 1 rings (SSSR count). The molecular formula is C11H21N5OS. The molecule has 6 nitrogen and oxygen atoms in total. The molecule has 3 N–H and O–H groups in total. The molecule has 0 saturated carbocycles. The Morgan fingerprint density at radius 3 is 2.61 bits per heavy atom. The molecule has 18 heavy (non-hydrogen) atoms. The fourth-order valence-corrected chi connectivity index (χ4v) is 2.02. The molecule has 1 heterocycles. The zero-order valence-corrected chi connectivity index (χ0v) is 12.2. The van der Waals surface area contributed by atoms with Crippen LogP contribution in [0.25, 0.3) is 0 Å². The highest BCUT2D eigenvalue weighted by molar-refractivity contribution is 7.99. The lowest BCUT2D eigenvalue weighted by molar-refractivity contribution is -0.118. The second kappa shape index (κ2) is 6.08. The minimum atomic E-state index is -0.162. The van der Waals surface area contributed by atoms with Crippen LogP contribution in [0.1, 0.15) is 39.9 Å². The third-order valence-corrected chi connectivity index (χ3v) is 3.18. The topological polar surface area (TPSA) is 85.8 Å². The van der Waals surface area contributed by atoms with Gasteiger partial charge in [0.2, 0.25) is 11.1 Å². The summed E-state index contributed by atoms with van der Waals surface area (Å²) in [6.45, 7) is 8.76. The van der Waals surface area contributed by atoms with Crippen LogP contribution < -0.4 is 11.2 Å². The molecule has 1 aromatic rings. The van der Waals surface area contributed by atoms with E-state index in [-0.39, 0.29) is 11.3 Å². The summed E-state index contributed by atoms with van der Waals surface area (Å²) in [6.07, 6.45) is 0.928. The minimum absolute atomic E-state index is 0.0119. The number of nitrogens with zero attached hydrogens (tertiary/aromatic N) is 3. The Hall–Kier alpha value is -1.24. The molecule has 0 atom stereocenters. The van der Waals surface area contributed by atoms with E-state index in [2.05, 4.69) is 15.5 Å². The van der Waals surface area contributed by atoms with Crippen molar-refractivity contribution in [1.82, 2.24) is 20.2 Å². The monoisotopic (exact) mass is 271 g/mol. The summed E-state index contributed by atoms with van der Waals surface area (Å²) in [5.41, 5.74) is -0.162. The number of hydrogen-bond acceptors (Lipinski definition) is 5. The van der Waals surface area contributed by atoms with Gasteiger partial charge in [-0.25, -0.2) is 4.68 Å². The van der Waals surface area contributed by atoms with E-state index in [9.17, 15) is 4.79 Å². The van der Waals surface area contributed by atoms with Crippen LogP contribution in [-0.2, 0) is 10.2 Å². The zero-order chi connectivity index (χ0) is 13.8. The molecule has 102 valence electrons. The van der Waals surface area contributed by atoms with E-state index in [1.165, 1.54) is 16.4 Å². The quantitative estimate of drug-likeness (QED) is 0.614. The average molecular weight is 271 g/mol. The Bertz CT molecular complexity index is 410. The number of aromatic nitrogens is 3. The predicted octanol–water partition coefficient (Wildman–Crippen LogP) is 0.908. The standard InChI is InChI=1S/C11H21N5OS/c1-5-6-13-8(17)7-18-10-15-14-9(16(10)12)11(2,3)4/h5-7,12H2,1-4H3,(H,13,17). The summed E-state index contributed by atoms with van der Waals surface area (Å²) in [5.74, 6) is 6.92. The normalized spacial score (nSPS) is 11.6. The van der Waals surface area contributed by atoms with Gasteiger partial charge in [0.1, 0.15) is 0 Å². The van der Waals surface area contributed by atoms with Crippen LogP contribution >= 0.6 is 11.8 Å². The van der Waals surface area contributed by atoms with Gasteiger partial charge >= 0.3 is 0 Å². The molecule has 1 aromatic heterocycles. The number of amides is 1. The van der Waals surface area contributed by atoms with Crippen molar-refractivity contribution in [2.24, 2.45) is 0 Å². The van der Waals surface area contributed by atoms with Crippen molar-refractivity contribution >= 4 is 17.7 Å². The Morgan fingerprint density at radius 1 is 1.44 bits per heavy atom. The summed E-state index contributed by atoms with van der Waals surface area (Å²) in [5, 5.41) is 11.4. The third-order valence-electron chi connectivity index (χ3n) is 2.24. The molecule has 0 radical (unpaired) electrons. The maximum Gasteiger partial charge on any atom is 0.230 e. The highest BCUT2D eigenvalue weighted by Gasteiger charge is 2.23. The zero-order valence-electron chi connectivity index (χ0n) is 11.4. The van der Waals surface area contributed by atoms with Crippen molar-refractivity contribution < 1.29 is 4.79 Å². The first-order valence-electron chi connectivity index (χ1n) is 5.96. The maximum absolute atomic E-state index is 11.5. The average Bonchev–Trinajstić information content (AvgIpc) is 2.64. The fraction of sp³-hybridized carbons (Fsp3) is 0.727. The van der Waals surface area contributed by atoms with E-state index in [1.54, 1.807) is 0 Å². The summed E-state index contributed by atoms with van der Waals surface area (Å²) in [6, 6.07) is 0. The van der Waals surface area contributed by atoms with E-state index in [4.69, 9.17) is 5.84 Å². The highest BCUT2D eigenvalue weighted by atomic mass is 32.2. The molecule has 0 unspecified atom stereocenters. The highest BCUT2D eigenvalue weighted by Crippen LogP contribution is 2.22. The van der Waals surface area contributed by atoms with Gasteiger partial charge in [-0.05, 0) is 6.42 Å². The molecule has 0 spiro atoms. The second-order valence-corrected chi connectivity index (χ2v) is 6.01. The first-order chi connectivity index (χ1) is 8.36. The van der Waals surface area contributed by atoms with Gasteiger partial charge in [-0.15, -0.1) is 10.2 Å². The number of hydrogen-bond donors (Lipinski definition) is 2. The molecule has 0 fully saturated rings. The summed E-state index contributed by atoms with van der Waals surface area (Å²) >= 11 is 1.29. The summed E-state index contributed by atoms with van der Waals surface area (Å²) in [4.78, 5) is 11.5. The van der Waals surface area contributed by atoms with E-state index in [0.29, 0.717) is 23.3 Å². The molecular weight excluding hydrogens is 250 g/mol. The van der Waals surface area contributed by atoms with E-state index < -0.39 is 0 Å². The van der Waals surface area contributed by atoms with Crippen molar-refractivity contribution in [3.63, 3.8) is 0 Å². The van der Waals surface area contributed by atoms with Crippen LogP contribution in [-0.4, -0.2) is 33.1 Å². The smallest absolute Gasteiger partial charge is 0.230 e. The number of carbonyl (C=O) groups excluding carboxylic acids is 1. The van der Waals surface area contributed by atoms with Crippen LogP contribution in [0, 0.1) is 0 Å². The van der Waals surface area contributed by atoms with Gasteiger partial charge in [-0.3, -0.25) is 4.79 Å². The number of nitrogen functional groups attached to an aromatic ring is 1. The number of nitrogens with one attached hydrogen (secondary N) is 1. The van der Waals surface area contributed by atoms with Gasteiger partial charge in [0.25, 0.3) is 0 Å². The lowest BCUT2D eigenvalue weighted by Crippen LogP contribution is -2.27. The SMILES string of the molecule is CCCNC(=O)CSc1nnc(C(C)(C)C)n1N. The van der Waals surface area contributed by atoms with Gasteiger partial charge in [0, 0.05) is 12.0 Å². The Balaban J connectivity index is 2.59. The first-order valence-corrected chi connectivity index (χ1v) is 6.95. The summed E-state index contributed by atoms with van der Waals surface area (Å²) < 4.78 is 1.46. The van der Waals surface area contributed by atoms with Crippen LogP contribution in [0.15, 0.2) is 5.16 Å². The van der Waals surface area contributed by atoms with Crippen molar-refractivity contribution in [3.8, 4) is 0 Å². The molecule has 0 aliphatic carbocycles. The third kappa shape index (κ3) is 3.90. The van der Waals surface area contributed by atoms with Crippen molar-refractivity contribution in [3.05, 3.63) is 5.82 Å². The predicted molar refractivity (Wildman–Crippen MR) is 72.9 cm³/mol. The lowest BCUT2D eigenvalue weighted by Gasteiger charge is -2.16. The number of thioether (sulfide) groups is 1. The van der Waals surface area contributed by atoms with Crippen molar-refractivity contribution in [2.45, 2.75) is 44.7 Å². The van der Waals surface area contributed by atoms with Crippen molar-refractivity contribution in [1.29, 1.82) is 0 Å². The summed E-state index contributed by atoms with van der Waals surface area (Å²) in [7, 11) is 0. The lowest BCUT2D eigenvalue weighted by atomic mass is 9.96. The van der Waals surface area contributed by atoms with Gasteiger partial charge in [0.15, 0.2) is 5.82 Å². The van der Waals surface area contributed by atoms with E-state index >= 15 is 0 Å². The fourth-order valence-electron chi connectivity index (χ4n) is 1.33. The Labute approximate surface area is 112 Å². The number of rotatable bonds is 5. The van der Waals surface area contributed by atoms with Gasteiger partial charge < -0.3 is 11.2 Å². The van der Waals surface area contributed by atoms with Gasteiger partial charge in [-0.2, -0.15) is 0 Å². The first kappa shape index (κ1) is 14.8. The van der Waals surface area contributed by atoms with Crippen LogP contribution in [0.3, 0.4) is 0 Å². The Morgan fingerprint density at radius 2 is 2.11 bits per heavy atom. The molecule has 0 bridgehead atoms. The number of nitrogens with two attached hydrogens (primary N) is 1. The Kier molecular flexibility index (Phi) is 5.01. The maximum atomic E-state index is 11.5. The molecule has 0 saturated heterocycles. The van der Waals surface area contributed by atoms with Crippen molar-refractivity contribution in [2.75, 3.05) is 18.1 Å². The molecule has 0 aliphatic heterocycles. The molecule has 7 heteroatoms. The van der Waals surface area contributed by atoms with Crippen LogP contribution in [0.4, 0.5) is 0 Å². The van der Waals surface area contributed by atoms with Crippen LogP contribution in [0.5, 0.6) is 0 Å². The number of carbonyl (C=O) groups is 1. The van der Waals surface area contributed by atoms with Gasteiger partial charge in [0.05, 0.1) is 5.75 Å². The second-order valence-electron chi connectivity index (χ2n) is 5.06. The molecule has 0 aliphatic rings. The molecule has 0 aromatic carbocycles. The van der Waals surface area contributed by atoms with Crippen LogP contribution in [0.2, 0.25) is 0 Å². The largest absolute Gasteiger partial charge is 0.355 e. The van der Waals surface area contributed by atoms with E-state index in [1.807, 2.05) is 27.7 Å². The van der Waals surface area contributed by atoms with Gasteiger partial charge in [-0.1, -0.05) is 39.5 Å². The minimum Gasteiger partial charge on any atom is -0.355 e.